The average Bonchev–Trinajstić information content (AvgIpc) is 3.18. The van der Waals surface area contributed by atoms with Gasteiger partial charge in [0, 0.05) is 10.5 Å². The lowest BCUT2D eigenvalue weighted by atomic mass is 10.2. The van der Waals surface area contributed by atoms with Crippen molar-refractivity contribution in [2.24, 2.45) is 0 Å². The molecular weight excluding hydrogens is 378 g/mol. The second-order valence-electron chi connectivity index (χ2n) is 5.59. The van der Waals surface area contributed by atoms with Gasteiger partial charge in [0.25, 0.3) is 5.91 Å². The van der Waals surface area contributed by atoms with Crippen LogP contribution in [0, 0.1) is 0 Å². The Labute approximate surface area is 167 Å². The third kappa shape index (κ3) is 4.45. The van der Waals surface area contributed by atoms with Crippen molar-refractivity contribution in [1.29, 1.82) is 0 Å². The average molecular weight is 399 g/mol. The van der Waals surface area contributed by atoms with Crippen LogP contribution in [-0.2, 0) is 0 Å². The van der Waals surface area contributed by atoms with Crippen molar-refractivity contribution in [3.63, 3.8) is 0 Å². The van der Waals surface area contributed by atoms with Crippen LogP contribution in [0.3, 0.4) is 0 Å². The van der Waals surface area contributed by atoms with Crippen molar-refractivity contribution in [1.82, 2.24) is 10.2 Å². The molecule has 0 spiro atoms. The molecule has 146 valence electrons. The van der Waals surface area contributed by atoms with E-state index in [4.69, 9.17) is 13.9 Å². The molecule has 28 heavy (non-hydrogen) atoms. The number of carbonyl (C=O) groups excluding carboxylic acids is 1. The van der Waals surface area contributed by atoms with Crippen LogP contribution in [0.2, 0.25) is 0 Å². The molecule has 0 unspecified atom stereocenters. The number of carbonyl (C=O) groups is 1. The second kappa shape index (κ2) is 9.27. The topological polar surface area (TPSA) is 86.5 Å². The monoisotopic (exact) mass is 399 g/mol. The molecule has 3 rings (SSSR count). The summed E-state index contributed by atoms with van der Waals surface area (Å²) in [4.78, 5) is 13.4. The number of amides is 1. The second-order valence-corrected chi connectivity index (χ2v) is 6.44. The number of anilines is 1. The van der Waals surface area contributed by atoms with Gasteiger partial charge in [0.1, 0.15) is 0 Å². The smallest absolute Gasteiger partial charge is 0.322 e. The number of ether oxygens (including phenoxy) is 2. The number of nitrogens with one attached hydrogen (secondary N) is 1. The number of aromatic nitrogens is 2. The highest BCUT2D eigenvalue weighted by Gasteiger charge is 2.16. The number of hydrogen-bond donors (Lipinski definition) is 1. The Hall–Kier alpha value is -3.00. The molecule has 8 heteroatoms. The molecule has 1 amide bonds. The summed E-state index contributed by atoms with van der Waals surface area (Å²) in [5.41, 5.74) is 1.22. The van der Waals surface area contributed by atoms with Crippen molar-refractivity contribution >= 4 is 23.7 Å². The molecule has 0 aliphatic rings. The molecular formula is C20H21N3O4S. The third-order valence-electron chi connectivity index (χ3n) is 3.79. The Bertz CT molecular complexity index is 958. The molecule has 1 aromatic heterocycles. The zero-order valence-electron chi connectivity index (χ0n) is 15.9. The predicted octanol–water partition coefficient (Wildman–Crippen LogP) is 4.51. The van der Waals surface area contributed by atoms with Crippen molar-refractivity contribution in [3.8, 4) is 23.0 Å². The molecule has 1 heterocycles. The van der Waals surface area contributed by atoms with Crippen LogP contribution in [-0.4, -0.2) is 35.6 Å². The maximum atomic E-state index is 12.5. The number of rotatable bonds is 8. The normalized spacial score (nSPS) is 10.5. The lowest BCUT2D eigenvalue weighted by molar-refractivity contribution is 0.102. The summed E-state index contributed by atoms with van der Waals surface area (Å²) < 4.78 is 16.8. The molecule has 3 aromatic rings. The SMILES string of the molecule is CCOc1ccc(-c2nnc(NC(=O)c3ccccc3SC)o2)cc1OCC. The van der Waals surface area contributed by atoms with E-state index in [1.807, 2.05) is 38.3 Å². The predicted molar refractivity (Wildman–Crippen MR) is 108 cm³/mol. The minimum Gasteiger partial charge on any atom is -0.490 e. The van der Waals surface area contributed by atoms with Gasteiger partial charge in [-0.15, -0.1) is 16.9 Å². The van der Waals surface area contributed by atoms with E-state index in [0.717, 1.165) is 4.90 Å². The molecule has 0 aliphatic heterocycles. The largest absolute Gasteiger partial charge is 0.490 e. The standard InChI is InChI=1S/C20H21N3O4S/c1-4-25-15-11-10-13(12-16(15)26-5-2)19-22-23-20(27-19)21-18(24)14-8-6-7-9-17(14)28-3/h6-12H,4-5H2,1-3H3,(H,21,23,24). The first-order valence-electron chi connectivity index (χ1n) is 8.84. The summed E-state index contributed by atoms with van der Waals surface area (Å²) in [7, 11) is 0. The van der Waals surface area contributed by atoms with Gasteiger partial charge in [-0.1, -0.05) is 17.2 Å². The van der Waals surface area contributed by atoms with Crippen LogP contribution in [0.1, 0.15) is 24.2 Å². The summed E-state index contributed by atoms with van der Waals surface area (Å²) >= 11 is 1.49. The zero-order chi connectivity index (χ0) is 19.9. The summed E-state index contributed by atoms with van der Waals surface area (Å²) in [5.74, 6) is 1.22. The van der Waals surface area contributed by atoms with Gasteiger partial charge in [-0.2, -0.15) is 0 Å². The minimum absolute atomic E-state index is 0.0303. The summed E-state index contributed by atoms with van der Waals surface area (Å²) in [6.07, 6.45) is 1.92. The Kier molecular flexibility index (Phi) is 6.54. The van der Waals surface area contributed by atoms with E-state index in [1.54, 1.807) is 24.3 Å². The lowest BCUT2D eigenvalue weighted by Gasteiger charge is -2.11. The van der Waals surface area contributed by atoms with E-state index < -0.39 is 0 Å². The van der Waals surface area contributed by atoms with Crippen molar-refractivity contribution < 1.29 is 18.7 Å². The Balaban J connectivity index is 1.80. The van der Waals surface area contributed by atoms with E-state index in [-0.39, 0.29) is 17.8 Å². The molecule has 1 N–H and O–H groups in total. The van der Waals surface area contributed by atoms with Gasteiger partial charge in [-0.3, -0.25) is 10.1 Å². The quantitative estimate of drug-likeness (QED) is 0.558. The first-order chi connectivity index (χ1) is 13.7. The molecule has 0 fully saturated rings. The number of nitrogens with zero attached hydrogens (tertiary/aromatic N) is 2. The molecule has 2 aromatic carbocycles. The van der Waals surface area contributed by atoms with Gasteiger partial charge >= 0.3 is 6.01 Å². The maximum absolute atomic E-state index is 12.5. The summed E-state index contributed by atoms with van der Waals surface area (Å²) in [6.45, 7) is 4.85. The third-order valence-corrected chi connectivity index (χ3v) is 4.58. The highest BCUT2D eigenvalue weighted by molar-refractivity contribution is 7.98. The molecule has 0 aliphatic carbocycles. The van der Waals surface area contributed by atoms with E-state index in [1.165, 1.54) is 11.8 Å². The van der Waals surface area contributed by atoms with Crippen LogP contribution in [0.25, 0.3) is 11.5 Å². The lowest BCUT2D eigenvalue weighted by Crippen LogP contribution is -2.13. The number of hydrogen-bond acceptors (Lipinski definition) is 7. The Morgan fingerprint density at radius 2 is 1.82 bits per heavy atom. The van der Waals surface area contributed by atoms with Gasteiger partial charge in [0.05, 0.1) is 18.8 Å². The van der Waals surface area contributed by atoms with Crippen LogP contribution < -0.4 is 14.8 Å². The molecule has 0 atom stereocenters. The first kappa shape index (κ1) is 19.8. The molecule has 0 saturated carbocycles. The van der Waals surface area contributed by atoms with Crippen molar-refractivity contribution in [3.05, 3.63) is 48.0 Å². The highest BCUT2D eigenvalue weighted by atomic mass is 32.2. The fourth-order valence-corrected chi connectivity index (χ4v) is 3.17. The van der Waals surface area contributed by atoms with E-state index in [0.29, 0.717) is 35.8 Å². The highest BCUT2D eigenvalue weighted by Crippen LogP contribution is 2.33. The zero-order valence-corrected chi connectivity index (χ0v) is 16.7. The van der Waals surface area contributed by atoms with E-state index >= 15 is 0 Å². The minimum atomic E-state index is -0.304. The fourth-order valence-electron chi connectivity index (χ4n) is 2.57. The van der Waals surface area contributed by atoms with Crippen LogP contribution in [0.5, 0.6) is 11.5 Å². The van der Waals surface area contributed by atoms with Gasteiger partial charge < -0.3 is 13.9 Å². The number of thioether (sulfide) groups is 1. The molecule has 0 radical (unpaired) electrons. The fraction of sp³-hybridized carbons (Fsp3) is 0.250. The van der Waals surface area contributed by atoms with Crippen LogP contribution in [0.4, 0.5) is 6.01 Å². The van der Waals surface area contributed by atoms with Crippen LogP contribution in [0.15, 0.2) is 51.8 Å². The molecule has 0 saturated heterocycles. The van der Waals surface area contributed by atoms with E-state index in [2.05, 4.69) is 15.5 Å². The van der Waals surface area contributed by atoms with Gasteiger partial charge in [-0.25, -0.2) is 0 Å². The van der Waals surface area contributed by atoms with Gasteiger partial charge in [-0.05, 0) is 50.4 Å². The summed E-state index contributed by atoms with van der Waals surface area (Å²) in [6, 6.07) is 12.7. The van der Waals surface area contributed by atoms with Gasteiger partial charge in [0.15, 0.2) is 11.5 Å². The number of benzene rings is 2. The van der Waals surface area contributed by atoms with E-state index in [9.17, 15) is 4.79 Å². The molecule has 7 nitrogen and oxygen atoms in total. The first-order valence-corrected chi connectivity index (χ1v) is 10.1. The Morgan fingerprint density at radius 3 is 2.57 bits per heavy atom. The van der Waals surface area contributed by atoms with Gasteiger partial charge in [0.2, 0.25) is 5.89 Å². The maximum Gasteiger partial charge on any atom is 0.322 e. The van der Waals surface area contributed by atoms with Crippen molar-refractivity contribution in [2.45, 2.75) is 18.7 Å². The molecule has 0 bridgehead atoms. The summed E-state index contributed by atoms with van der Waals surface area (Å²) in [5, 5.41) is 10.6. The Morgan fingerprint density at radius 1 is 1.07 bits per heavy atom. The van der Waals surface area contributed by atoms with Crippen LogP contribution >= 0.6 is 11.8 Å². The van der Waals surface area contributed by atoms with Crippen molar-refractivity contribution in [2.75, 3.05) is 24.8 Å².